The Hall–Kier alpha value is -1.11. The van der Waals surface area contributed by atoms with Crippen LogP contribution in [0.25, 0.3) is 0 Å². The number of hydrogen-bond donors (Lipinski definition) is 1. The van der Waals surface area contributed by atoms with E-state index >= 15 is 0 Å². The molecule has 1 aliphatic rings. The Labute approximate surface area is 126 Å². The van der Waals surface area contributed by atoms with Crippen molar-refractivity contribution in [2.24, 2.45) is 5.92 Å². The van der Waals surface area contributed by atoms with E-state index in [4.69, 9.17) is 4.74 Å². The van der Waals surface area contributed by atoms with Gasteiger partial charge in [0, 0.05) is 13.1 Å². The monoisotopic (exact) mass is 313 g/mol. The van der Waals surface area contributed by atoms with Crippen molar-refractivity contribution in [3.05, 3.63) is 23.8 Å². The molecule has 0 spiro atoms. The van der Waals surface area contributed by atoms with Gasteiger partial charge in [0.1, 0.15) is 10.6 Å². The maximum Gasteiger partial charge on any atom is 0.246 e. The van der Waals surface area contributed by atoms with Crippen molar-refractivity contribution >= 4 is 10.0 Å². The lowest BCUT2D eigenvalue weighted by Gasteiger charge is -2.40. The summed E-state index contributed by atoms with van der Waals surface area (Å²) < 4.78 is 32.2. The summed E-state index contributed by atoms with van der Waals surface area (Å²) in [5.41, 5.74) is 0.129. The standard InChI is InChI=1S/C15H23NO4S/c1-11-5-6-14(13(9-11)20-4)21(18,19)16-8-7-15(3,17)12(2)10-16/h5-6,9,12,17H,7-8,10H2,1-4H3/t12-,15+/m1/s1. The number of benzene rings is 1. The number of aryl methyl sites for hydroxylation is 1. The average Bonchev–Trinajstić information content (AvgIpc) is 2.41. The first-order valence-corrected chi connectivity index (χ1v) is 8.49. The fourth-order valence-corrected chi connectivity index (χ4v) is 4.20. The van der Waals surface area contributed by atoms with Crippen molar-refractivity contribution in [3.8, 4) is 5.75 Å². The molecular weight excluding hydrogens is 290 g/mol. The number of rotatable bonds is 3. The minimum Gasteiger partial charge on any atom is -0.495 e. The van der Waals surface area contributed by atoms with Gasteiger partial charge in [-0.1, -0.05) is 13.0 Å². The van der Waals surface area contributed by atoms with E-state index in [1.165, 1.54) is 11.4 Å². The van der Waals surface area contributed by atoms with Gasteiger partial charge in [-0.3, -0.25) is 0 Å². The van der Waals surface area contributed by atoms with Crippen LogP contribution in [0.5, 0.6) is 5.75 Å². The fourth-order valence-electron chi connectivity index (χ4n) is 2.54. The second kappa shape index (κ2) is 5.59. The molecule has 1 aromatic rings. The highest BCUT2D eigenvalue weighted by molar-refractivity contribution is 7.89. The quantitative estimate of drug-likeness (QED) is 0.924. The topological polar surface area (TPSA) is 66.8 Å². The number of aliphatic hydroxyl groups is 1. The van der Waals surface area contributed by atoms with Gasteiger partial charge in [-0.25, -0.2) is 8.42 Å². The van der Waals surface area contributed by atoms with E-state index < -0.39 is 15.6 Å². The lowest BCUT2D eigenvalue weighted by Crippen LogP contribution is -2.50. The zero-order valence-electron chi connectivity index (χ0n) is 13.0. The van der Waals surface area contributed by atoms with Gasteiger partial charge in [0.25, 0.3) is 0 Å². The van der Waals surface area contributed by atoms with Crippen LogP contribution in [0, 0.1) is 12.8 Å². The molecule has 6 heteroatoms. The third-order valence-corrected chi connectivity index (χ3v) is 6.25. The number of nitrogens with zero attached hydrogens (tertiary/aromatic N) is 1. The summed E-state index contributed by atoms with van der Waals surface area (Å²) in [6.45, 7) is 6.14. The first-order chi connectivity index (χ1) is 9.68. The first-order valence-electron chi connectivity index (χ1n) is 7.05. The summed E-state index contributed by atoms with van der Waals surface area (Å²) in [7, 11) is -2.14. The normalized spacial score (nSPS) is 27.6. The van der Waals surface area contributed by atoms with Gasteiger partial charge in [0.15, 0.2) is 0 Å². The van der Waals surface area contributed by atoms with E-state index in [1.807, 2.05) is 13.8 Å². The molecule has 0 radical (unpaired) electrons. The molecule has 118 valence electrons. The van der Waals surface area contributed by atoms with Crippen LogP contribution in [0.15, 0.2) is 23.1 Å². The summed E-state index contributed by atoms with van der Waals surface area (Å²) >= 11 is 0. The number of ether oxygens (including phenoxy) is 1. The third kappa shape index (κ3) is 3.07. The summed E-state index contributed by atoms with van der Waals surface area (Å²) in [5, 5.41) is 10.2. The van der Waals surface area contributed by atoms with E-state index in [0.717, 1.165) is 5.56 Å². The van der Waals surface area contributed by atoms with Gasteiger partial charge in [-0.05, 0) is 43.9 Å². The largest absolute Gasteiger partial charge is 0.495 e. The lowest BCUT2D eigenvalue weighted by atomic mass is 9.85. The van der Waals surface area contributed by atoms with E-state index in [9.17, 15) is 13.5 Å². The number of hydrogen-bond acceptors (Lipinski definition) is 4. The molecule has 1 N–H and O–H groups in total. The van der Waals surface area contributed by atoms with Crippen LogP contribution in [0.3, 0.4) is 0 Å². The predicted molar refractivity (Wildman–Crippen MR) is 80.9 cm³/mol. The zero-order chi connectivity index (χ0) is 15.8. The third-order valence-electron chi connectivity index (χ3n) is 4.34. The van der Waals surface area contributed by atoms with Gasteiger partial charge < -0.3 is 9.84 Å². The Morgan fingerprint density at radius 2 is 2.10 bits per heavy atom. The van der Waals surface area contributed by atoms with Gasteiger partial charge in [-0.15, -0.1) is 0 Å². The molecule has 2 atom stereocenters. The second-order valence-corrected chi connectivity index (χ2v) is 7.93. The highest BCUT2D eigenvalue weighted by Gasteiger charge is 2.39. The van der Waals surface area contributed by atoms with Crippen molar-refractivity contribution in [1.29, 1.82) is 0 Å². The molecule has 5 nitrogen and oxygen atoms in total. The average molecular weight is 313 g/mol. The molecule has 0 amide bonds. The summed E-state index contributed by atoms with van der Waals surface area (Å²) in [4.78, 5) is 0.185. The summed E-state index contributed by atoms with van der Waals surface area (Å²) in [6, 6.07) is 5.07. The van der Waals surface area contributed by atoms with Crippen molar-refractivity contribution in [2.75, 3.05) is 20.2 Å². The van der Waals surface area contributed by atoms with Crippen LogP contribution in [0.1, 0.15) is 25.8 Å². The molecular formula is C15H23NO4S. The van der Waals surface area contributed by atoms with Gasteiger partial charge in [0.05, 0.1) is 12.7 Å². The Bertz CT molecular complexity index is 625. The number of piperidine rings is 1. The van der Waals surface area contributed by atoms with Crippen molar-refractivity contribution in [1.82, 2.24) is 4.31 Å². The van der Waals surface area contributed by atoms with Crippen molar-refractivity contribution in [3.63, 3.8) is 0 Å². The van der Waals surface area contributed by atoms with E-state index in [1.54, 1.807) is 25.1 Å². The van der Waals surface area contributed by atoms with Gasteiger partial charge in [0.2, 0.25) is 10.0 Å². The van der Waals surface area contributed by atoms with Crippen LogP contribution in [0.4, 0.5) is 0 Å². The molecule has 21 heavy (non-hydrogen) atoms. The predicted octanol–water partition coefficient (Wildman–Crippen LogP) is 1.79. The van der Waals surface area contributed by atoms with Crippen molar-refractivity contribution in [2.45, 2.75) is 37.7 Å². The Morgan fingerprint density at radius 1 is 1.43 bits per heavy atom. The van der Waals surface area contributed by atoms with Crippen LogP contribution in [0.2, 0.25) is 0 Å². The van der Waals surface area contributed by atoms with E-state index in [2.05, 4.69) is 0 Å². The maximum absolute atomic E-state index is 12.8. The summed E-state index contributed by atoms with van der Waals surface area (Å²) in [5.74, 6) is 0.248. The zero-order valence-corrected chi connectivity index (χ0v) is 13.8. The molecule has 0 aliphatic carbocycles. The number of sulfonamides is 1. The molecule has 0 saturated carbocycles. The van der Waals surface area contributed by atoms with E-state index in [-0.39, 0.29) is 10.8 Å². The fraction of sp³-hybridized carbons (Fsp3) is 0.600. The van der Waals surface area contributed by atoms with Crippen molar-refractivity contribution < 1.29 is 18.3 Å². The van der Waals surface area contributed by atoms with Crippen LogP contribution in [-0.4, -0.2) is 43.6 Å². The number of methoxy groups -OCH3 is 1. The molecule has 0 unspecified atom stereocenters. The molecule has 1 aliphatic heterocycles. The molecule has 2 rings (SSSR count). The Balaban J connectivity index is 2.35. The maximum atomic E-state index is 12.8. The molecule has 1 fully saturated rings. The minimum absolute atomic E-state index is 0.113. The van der Waals surface area contributed by atoms with Crippen LogP contribution < -0.4 is 4.74 Å². The molecule has 0 bridgehead atoms. The Morgan fingerprint density at radius 3 is 2.67 bits per heavy atom. The highest BCUT2D eigenvalue weighted by Crippen LogP contribution is 2.33. The van der Waals surface area contributed by atoms with Gasteiger partial charge in [-0.2, -0.15) is 4.31 Å². The molecule has 1 saturated heterocycles. The Kier molecular flexibility index (Phi) is 4.33. The second-order valence-electron chi connectivity index (χ2n) is 6.03. The van der Waals surface area contributed by atoms with Crippen LogP contribution in [-0.2, 0) is 10.0 Å². The van der Waals surface area contributed by atoms with Crippen LogP contribution >= 0.6 is 0 Å². The highest BCUT2D eigenvalue weighted by atomic mass is 32.2. The molecule has 0 aromatic heterocycles. The minimum atomic E-state index is -3.61. The molecule has 1 heterocycles. The first kappa shape index (κ1) is 16.3. The van der Waals surface area contributed by atoms with E-state index in [0.29, 0.717) is 25.3 Å². The smallest absolute Gasteiger partial charge is 0.246 e. The SMILES string of the molecule is COc1cc(C)ccc1S(=O)(=O)N1CC[C@](C)(O)[C@H](C)C1. The lowest BCUT2D eigenvalue weighted by molar-refractivity contribution is -0.0333. The van der Waals surface area contributed by atoms with Gasteiger partial charge >= 0.3 is 0 Å². The molecule has 1 aromatic carbocycles. The summed E-state index contributed by atoms with van der Waals surface area (Å²) in [6.07, 6.45) is 0.432.